The number of hydrogen-bond acceptors (Lipinski definition) is 7. The first-order valence-electron chi connectivity index (χ1n) is 9.96. The monoisotopic (exact) mass is 408 g/mol. The van der Waals surface area contributed by atoms with Gasteiger partial charge in [0.05, 0.1) is 19.6 Å². The molecule has 0 aromatic carbocycles. The quantitative estimate of drug-likeness (QED) is 0.225. The molecule has 2 bridgehead atoms. The highest BCUT2D eigenvalue weighted by molar-refractivity contribution is 7.13. The minimum Gasteiger partial charge on any atom is -0.487 e. The maximum absolute atomic E-state index is 12.5. The minimum atomic E-state index is -0.158. The highest BCUT2D eigenvalue weighted by atomic mass is 32.1. The number of carbonyl (C=O) groups is 1. The van der Waals surface area contributed by atoms with Gasteiger partial charge in [-0.25, -0.2) is 5.84 Å². The Labute approximate surface area is 170 Å². The summed E-state index contributed by atoms with van der Waals surface area (Å²) in [7, 11) is 1.66. The average molecular weight is 409 g/mol. The van der Waals surface area contributed by atoms with Crippen LogP contribution >= 0.6 is 11.3 Å². The zero-order chi connectivity index (χ0) is 20.1. The Morgan fingerprint density at radius 2 is 2.11 bits per heavy atom. The van der Waals surface area contributed by atoms with Crippen LogP contribution in [0.1, 0.15) is 56.4 Å². The number of piperidine rings is 1. The summed E-state index contributed by atoms with van der Waals surface area (Å²) in [5.74, 6) is 11.5. The van der Waals surface area contributed by atoms with Crippen molar-refractivity contribution in [3.63, 3.8) is 0 Å². The Kier molecular flexibility index (Phi) is 7.14. The molecule has 3 rings (SSSR count). The molecule has 2 aliphatic rings. The lowest BCUT2D eigenvalue weighted by atomic mass is 9.92. The maximum Gasteiger partial charge on any atom is 0.228 e. The largest absolute Gasteiger partial charge is 0.487 e. The molecule has 9 heteroatoms. The van der Waals surface area contributed by atoms with E-state index in [4.69, 9.17) is 16.4 Å². The van der Waals surface area contributed by atoms with Crippen LogP contribution in [0, 0.1) is 5.92 Å². The van der Waals surface area contributed by atoms with Gasteiger partial charge in [0.1, 0.15) is 5.84 Å². The number of rotatable bonds is 8. The minimum absolute atomic E-state index is 0.0263. The second-order valence-electron chi connectivity index (χ2n) is 7.87. The van der Waals surface area contributed by atoms with Gasteiger partial charge in [-0.2, -0.15) is 5.10 Å². The summed E-state index contributed by atoms with van der Waals surface area (Å²) in [6, 6.07) is 5.29. The fourth-order valence-corrected chi connectivity index (χ4v) is 5.54. The lowest BCUT2D eigenvalue weighted by molar-refractivity contribution is -0.120. The number of nitrogens with one attached hydrogen (secondary N) is 2. The van der Waals surface area contributed by atoms with Crippen molar-refractivity contribution in [2.75, 3.05) is 13.7 Å². The lowest BCUT2D eigenvalue weighted by Crippen LogP contribution is -2.44. The number of hydrazone groups is 1. The van der Waals surface area contributed by atoms with E-state index < -0.39 is 0 Å². The van der Waals surface area contributed by atoms with Gasteiger partial charge in [-0.1, -0.05) is 6.92 Å². The Morgan fingerprint density at radius 3 is 2.68 bits per heavy atom. The highest BCUT2D eigenvalue weighted by Crippen LogP contribution is 2.39. The van der Waals surface area contributed by atoms with Crippen molar-refractivity contribution in [1.29, 1.82) is 0 Å². The number of hydrogen-bond donors (Lipinski definition) is 4. The van der Waals surface area contributed by atoms with Gasteiger partial charge < -0.3 is 21.3 Å². The fourth-order valence-electron chi connectivity index (χ4n) is 4.64. The van der Waals surface area contributed by atoms with Gasteiger partial charge in [-0.15, -0.1) is 11.3 Å². The molecule has 0 aliphatic carbocycles. The number of carbonyl (C=O) groups excluding carboxylic acids is 1. The third-order valence-corrected chi connectivity index (χ3v) is 7.09. The van der Waals surface area contributed by atoms with Crippen molar-refractivity contribution in [3.05, 3.63) is 17.0 Å². The van der Waals surface area contributed by atoms with Crippen molar-refractivity contribution < 1.29 is 9.53 Å². The molecule has 2 saturated heterocycles. The summed E-state index contributed by atoms with van der Waals surface area (Å²) in [6.45, 7) is 3.35. The summed E-state index contributed by atoms with van der Waals surface area (Å²) < 4.78 is 5.33. The van der Waals surface area contributed by atoms with Crippen LogP contribution in [0.3, 0.4) is 0 Å². The van der Waals surface area contributed by atoms with E-state index in [1.54, 1.807) is 18.4 Å². The smallest absolute Gasteiger partial charge is 0.228 e. The van der Waals surface area contributed by atoms with Crippen LogP contribution in [-0.2, 0) is 4.79 Å². The first-order valence-corrected chi connectivity index (χ1v) is 10.8. The summed E-state index contributed by atoms with van der Waals surface area (Å²) in [5, 5.41) is 7.46. The molecule has 8 nitrogen and oxygen atoms in total. The molecule has 156 valence electrons. The summed E-state index contributed by atoms with van der Waals surface area (Å²) in [4.78, 5) is 16.2. The van der Waals surface area contributed by atoms with Crippen molar-refractivity contribution in [2.24, 2.45) is 22.7 Å². The highest BCUT2D eigenvalue weighted by Gasteiger charge is 2.39. The van der Waals surface area contributed by atoms with Crippen LogP contribution in [0.5, 0.6) is 5.06 Å². The first-order chi connectivity index (χ1) is 13.5. The zero-order valence-electron chi connectivity index (χ0n) is 16.7. The van der Waals surface area contributed by atoms with Gasteiger partial charge >= 0.3 is 0 Å². The third kappa shape index (κ3) is 4.95. The molecule has 28 heavy (non-hydrogen) atoms. The van der Waals surface area contributed by atoms with Crippen LogP contribution in [0.15, 0.2) is 17.2 Å². The van der Waals surface area contributed by atoms with E-state index in [1.165, 1.54) is 25.7 Å². The van der Waals surface area contributed by atoms with Gasteiger partial charge in [-0.3, -0.25) is 9.69 Å². The predicted octanol–water partition coefficient (Wildman–Crippen LogP) is 1.69. The summed E-state index contributed by atoms with van der Waals surface area (Å²) in [5.41, 5.74) is 2.36. The number of ether oxygens (including phenoxy) is 1. The Morgan fingerprint density at radius 1 is 1.39 bits per heavy atom. The van der Waals surface area contributed by atoms with Gasteiger partial charge in [0.15, 0.2) is 5.06 Å². The molecule has 2 fully saturated rings. The molecule has 0 radical (unpaired) electrons. The predicted molar refractivity (Wildman–Crippen MR) is 112 cm³/mol. The molecule has 0 saturated carbocycles. The third-order valence-electron chi connectivity index (χ3n) is 5.93. The SMILES string of the molecule is COc1ccc([C@H](CCN2C3CCC2CC(C)C3)NC(=O)C/C(=N/N)NN)s1. The van der Waals surface area contributed by atoms with Crippen molar-refractivity contribution in [2.45, 2.75) is 63.6 Å². The topological polar surface area (TPSA) is 118 Å². The van der Waals surface area contributed by atoms with Crippen LogP contribution in [0.2, 0.25) is 0 Å². The second-order valence-corrected chi connectivity index (χ2v) is 8.94. The standard InChI is InChI=1S/C19H32N6O2S/c1-12-9-13-3-4-14(10-12)25(13)8-7-15(16-5-6-19(27-2)28-16)22-18(26)11-17(23-20)24-21/h5-6,12-15H,3-4,7-11,20-21H2,1-2H3,(H,22,26)(H,23,24)/t12?,13?,14?,15-/m0/s1. The van der Waals surface area contributed by atoms with Gasteiger partial charge in [-0.05, 0) is 50.2 Å². The van der Waals surface area contributed by atoms with E-state index in [2.05, 4.69) is 27.7 Å². The van der Waals surface area contributed by atoms with E-state index in [0.29, 0.717) is 12.1 Å². The summed E-state index contributed by atoms with van der Waals surface area (Å²) in [6.07, 6.45) is 6.08. The summed E-state index contributed by atoms with van der Waals surface area (Å²) >= 11 is 1.57. The molecule has 6 N–H and O–H groups in total. The van der Waals surface area contributed by atoms with Crippen molar-refractivity contribution in [1.82, 2.24) is 15.6 Å². The number of amidine groups is 1. The van der Waals surface area contributed by atoms with E-state index in [1.807, 2.05) is 12.1 Å². The number of hydrazine groups is 1. The number of thiophene rings is 1. The molecule has 2 unspecified atom stereocenters. The average Bonchev–Trinajstić information content (AvgIpc) is 3.26. The number of nitrogens with two attached hydrogens (primary N) is 2. The van der Waals surface area contributed by atoms with E-state index in [-0.39, 0.29) is 24.2 Å². The molecule has 1 aromatic heterocycles. The number of amides is 1. The number of nitrogens with zero attached hydrogens (tertiary/aromatic N) is 2. The van der Waals surface area contributed by atoms with Gasteiger partial charge in [0.2, 0.25) is 5.91 Å². The number of fused-ring (bicyclic) bond motifs is 2. The Hall–Kier alpha value is -1.84. The van der Waals surface area contributed by atoms with Crippen LogP contribution in [-0.4, -0.2) is 42.4 Å². The van der Waals surface area contributed by atoms with E-state index in [9.17, 15) is 4.79 Å². The fraction of sp³-hybridized carbons (Fsp3) is 0.684. The molecule has 1 aromatic rings. The lowest BCUT2D eigenvalue weighted by Gasteiger charge is -2.38. The van der Waals surface area contributed by atoms with Crippen LogP contribution in [0.4, 0.5) is 0 Å². The Balaban J connectivity index is 1.65. The number of methoxy groups -OCH3 is 1. The molecule has 3 atom stereocenters. The molecular weight excluding hydrogens is 376 g/mol. The zero-order valence-corrected chi connectivity index (χ0v) is 17.5. The molecule has 2 aliphatic heterocycles. The van der Waals surface area contributed by atoms with Crippen LogP contribution < -0.4 is 27.2 Å². The van der Waals surface area contributed by atoms with Crippen molar-refractivity contribution >= 4 is 23.1 Å². The molecule has 1 amide bonds. The van der Waals surface area contributed by atoms with E-state index >= 15 is 0 Å². The van der Waals surface area contributed by atoms with Crippen LogP contribution in [0.25, 0.3) is 0 Å². The molecule has 0 spiro atoms. The van der Waals surface area contributed by atoms with Gasteiger partial charge in [0.25, 0.3) is 0 Å². The first kappa shape index (κ1) is 20.9. The normalized spacial score (nSPS) is 26.1. The Bertz CT molecular complexity index is 680. The maximum atomic E-state index is 12.5. The van der Waals surface area contributed by atoms with E-state index in [0.717, 1.165) is 28.8 Å². The van der Waals surface area contributed by atoms with Crippen molar-refractivity contribution in [3.8, 4) is 5.06 Å². The molecule has 3 heterocycles. The second kappa shape index (κ2) is 9.58. The molecular formula is C19H32N6O2S. The van der Waals surface area contributed by atoms with Gasteiger partial charge in [0, 0.05) is 23.5 Å².